The Labute approximate surface area is 147 Å². The second-order valence-corrected chi connectivity index (χ2v) is 6.85. The number of hydrogen-bond donors (Lipinski definition) is 2. The lowest BCUT2D eigenvalue weighted by atomic mass is 10.1. The Bertz CT molecular complexity index is 660. The summed E-state index contributed by atoms with van der Waals surface area (Å²) < 4.78 is 10.5. The Balaban J connectivity index is 1.73. The highest BCUT2D eigenvalue weighted by molar-refractivity contribution is 6.28. The van der Waals surface area contributed by atoms with E-state index < -0.39 is 11.7 Å². The van der Waals surface area contributed by atoms with Crippen LogP contribution in [0.4, 0.5) is 4.79 Å². The van der Waals surface area contributed by atoms with E-state index in [1.54, 1.807) is 6.07 Å². The van der Waals surface area contributed by atoms with E-state index in [0.29, 0.717) is 18.3 Å². The van der Waals surface area contributed by atoms with Crippen LogP contribution in [-0.2, 0) is 24.4 Å². The zero-order valence-corrected chi connectivity index (χ0v) is 14.9. The number of halogens is 1. The van der Waals surface area contributed by atoms with Crippen molar-refractivity contribution in [3.63, 3.8) is 0 Å². The summed E-state index contributed by atoms with van der Waals surface area (Å²) in [6, 6.07) is 11.6. The van der Waals surface area contributed by atoms with E-state index in [0.717, 1.165) is 23.4 Å². The molecular formula is C18H23ClN2O3. The van der Waals surface area contributed by atoms with Crippen molar-refractivity contribution in [1.82, 2.24) is 10.6 Å². The molecule has 1 aromatic carbocycles. The first-order chi connectivity index (χ1) is 11.3. The summed E-state index contributed by atoms with van der Waals surface area (Å²) in [5.41, 5.74) is 1.67. The van der Waals surface area contributed by atoms with Crippen LogP contribution in [0.5, 0.6) is 0 Å². The molecule has 0 spiro atoms. The molecule has 24 heavy (non-hydrogen) atoms. The second-order valence-electron chi connectivity index (χ2n) is 6.48. The predicted molar refractivity (Wildman–Crippen MR) is 93.8 cm³/mol. The summed E-state index contributed by atoms with van der Waals surface area (Å²) in [5.74, 6) is 0.804. The number of ether oxygens (including phenoxy) is 1. The van der Waals surface area contributed by atoms with Gasteiger partial charge in [-0.3, -0.25) is 0 Å². The highest BCUT2D eigenvalue weighted by Crippen LogP contribution is 2.13. The average Bonchev–Trinajstić information content (AvgIpc) is 2.90. The standard InChI is InChI=1S/C18H23ClN2O3/c1-18(2,3)24-17(22)21-11-14-6-4-13(5-7-14)10-20-12-15-8-9-16(19)23-15/h4-9,20H,10-12H2,1-3H3,(H,21,22). The Hall–Kier alpha value is -1.98. The number of nitrogens with one attached hydrogen (secondary N) is 2. The number of rotatable bonds is 6. The van der Waals surface area contributed by atoms with Gasteiger partial charge < -0.3 is 19.8 Å². The van der Waals surface area contributed by atoms with E-state index in [1.165, 1.54) is 0 Å². The van der Waals surface area contributed by atoms with Crippen molar-refractivity contribution in [1.29, 1.82) is 0 Å². The molecule has 130 valence electrons. The fourth-order valence-corrected chi connectivity index (χ4v) is 2.20. The normalized spacial score (nSPS) is 11.3. The summed E-state index contributed by atoms with van der Waals surface area (Å²) in [6.07, 6.45) is -0.412. The van der Waals surface area contributed by atoms with Crippen molar-refractivity contribution in [3.8, 4) is 0 Å². The van der Waals surface area contributed by atoms with E-state index in [1.807, 2.05) is 51.1 Å². The maximum absolute atomic E-state index is 11.6. The molecule has 0 bridgehead atoms. The molecule has 0 aliphatic rings. The minimum Gasteiger partial charge on any atom is -0.448 e. The van der Waals surface area contributed by atoms with Crippen LogP contribution in [0.1, 0.15) is 37.7 Å². The largest absolute Gasteiger partial charge is 0.448 e. The zero-order chi connectivity index (χ0) is 17.6. The van der Waals surface area contributed by atoms with E-state index in [9.17, 15) is 4.79 Å². The SMILES string of the molecule is CC(C)(C)OC(=O)NCc1ccc(CNCc2ccc(Cl)o2)cc1. The van der Waals surface area contributed by atoms with Crippen molar-refractivity contribution < 1.29 is 13.9 Å². The first kappa shape index (κ1) is 18.4. The van der Waals surface area contributed by atoms with Gasteiger partial charge in [-0.25, -0.2) is 4.79 Å². The monoisotopic (exact) mass is 350 g/mol. The van der Waals surface area contributed by atoms with E-state index >= 15 is 0 Å². The molecule has 0 aliphatic heterocycles. The molecule has 1 heterocycles. The van der Waals surface area contributed by atoms with Gasteiger partial charge in [-0.1, -0.05) is 24.3 Å². The molecule has 6 heteroatoms. The van der Waals surface area contributed by atoms with Crippen LogP contribution in [0, 0.1) is 0 Å². The van der Waals surface area contributed by atoms with Gasteiger partial charge in [-0.15, -0.1) is 0 Å². The van der Waals surface area contributed by atoms with Gasteiger partial charge in [0.15, 0.2) is 5.22 Å². The molecule has 0 unspecified atom stereocenters. The Kier molecular flexibility index (Phi) is 6.29. The number of alkyl carbamates (subject to hydrolysis) is 1. The van der Waals surface area contributed by atoms with E-state index in [4.69, 9.17) is 20.8 Å². The third kappa shape index (κ3) is 6.64. The number of carbonyl (C=O) groups is 1. The molecule has 1 amide bonds. The quantitative estimate of drug-likeness (QED) is 0.817. The van der Waals surface area contributed by atoms with Crippen molar-refractivity contribution in [2.75, 3.05) is 0 Å². The van der Waals surface area contributed by atoms with Crippen LogP contribution in [-0.4, -0.2) is 11.7 Å². The number of furan rings is 1. The summed E-state index contributed by atoms with van der Waals surface area (Å²) in [5, 5.41) is 6.42. The zero-order valence-electron chi connectivity index (χ0n) is 14.2. The average molecular weight is 351 g/mol. The molecule has 0 atom stereocenters. The summed E-state index contributed by atoms with van der Waals surface area (Å²) in [7, 11) is 0. The van der Waals surface area contributed by atoms with Crippen LogP contribution >= 0.6 is 11.6 Å². The maximum atomic E-state index is 11.6. The predicted octanol–water partition coefficient (Wildman–Crippen LogP) is 4.25. The van der Waals surface area contributed by atoms with Crippen LogP contribution in [0.2, 0.25) is 5.22 Å². The second kappa shape index (κ2) is 8.22. The Morgan fingerprint density at radius 1 is 1.04 bits per heavy atom. The number of benzene rings is 1. The lowest BCUT2D eigenvalue weighted by Gasteiger charge is -2.19. The van der Waals surface area contributed by atoms with Crippen molar-refractivity contribution in [2.24, 2.45) is 0 Å². The molecule has 2 rings (SSSR count). The topological polar surface area (TPSA) is 63.5 Å². The number of amides is 1. The number of hydrogen-bond acceptors (Lipinski definition) is 4. The van der Waals surface area contributed by atoms with Crippen LogP contribution in [0.15, 0.2) is 40.8 Å². The Morgan fingerprint density at radius 3 is 2.21 bits per heavy atom. The van der Waals surface area contributed by atoms with Crippen LogP contribution < -0.4 is 10.6 Å². The lowest BCUT2D eigenvalue weighted by molar-refractivity contribution is 0.0523. The van der Waals surface area contributed by atoms with E-state index in [-0.39, 0.29) is 0 Å². The van der Waals surface area contributed by atoms with Gasteiger partial charge in [0, 0.05) is 13.1 Å². The van der Waals surface area contributed by atoms with Crippen LogP contribution in [0.3, 0.4) is 0 Å². The molecule has 0 saturated carbocycles. The fraction of sp³-hybridized carbons (Fsp3) is 0.389. The maximum Gasteiger partial charge on any atom is 0.407 e. The minimum atomic E-state index is -0.488. The summed E-state index contributed by atoms with van der Waals surface area (Å²) in [4.78, 5) is 11.6. The van der Waals surface area contributed by atoms with Crippen molar-refractivity contribution >= 4 is 17.7 Å². The van der Waals surface area contributed by atoms with Gasteiger partial charge in [-0.05, 0) is 55.6 Å². The fourth-order valence-electron chi connectivity index (χ4n) is 2.04. The van der Waals surface area contributed by atoms with Gasteiger partial charge in [0.2, 0.25) is 0 Å². The molecule has 0 saturated heterocycles. The van der Waals surface area contributed by atoms with Gasteiger partial charge in [0.25, 0.3) is 0 Å². The molecule has 1 aromatic heterocycles. The van der Waals surface area contributed by atoms with E-state index in [2.05, 4.69) is 10.6 Å². The summed E-state index contributed by atoms with van der Waals surface area (Å²) >= 11 is 5.73. The minimum absolute atomic E-state index is 0.397. The van der Waals surface area contributed by atoms with Gasteiger partial charge >= 0.3 is 6.09 Å². The highest BCUT2D eigenvalue weighted by atomic mass is 35.5. The lowest BCUT2D eigenvalue weighted by Crippen LogP contribution is -2.32. The third-order valence-electron chi connectivity index (χ3n) is 3.12. The number of carbonyl (C=O) groups excluding carboxylic acids is 1. The Morgan fingerprint density at radius 2 is 1.67 bits per heavy atom. The molecule has 0 fully saturated rings. The highest BCUT2D eigenvalue weighted by Gasteiger charge is 2.15. The molecule has 0 aliphatic carbocycles. The van der Waals surface area contributed by atoms with Crippen molar-refractivity contribution in [2.45, 2.75) is 46.0 Å². The first-order valence-corrected chi connectivity index (χ1v) is 8.19. The van der Waals surface area contributed by atoms with Gasteiger partial charge in [0.1, 0.15) is 11.4 Å². The molecule has 2 aromatic rings. The molecule has 5 nitrogen and oxygen atoms in total. The smallest absolute Gasteiger partial charge is 0.407 e. The molecule has 2 N–H and O–H groups in total. The third-order valence-corrected chi connectivity index (χ3v) is 3.32. The van der Waals surface area contributed by atoms with Gasteiger partial charge in [0.05, 0.1) is 6.54 Å². The van der Waals surface area contributed by atoms with Crippen molar-refractivity contribution in [3.05, 3.63) is 58.5 Å². The van der Waals surface area contributed by atoms with Gasteiger partial charge in [-0.2, -0.15) is 0 Å². The summed E-state index contributed by atoms with van der Waals surface area (Å²) in [6.45, 7) is 7.29. The van der Waals surface area contributed by atoms with Crippen LogP contribution in [0.25, 0.3) is 0 Å². The first-order valence-electron chi connectivity index (χ1n) is 7.81. The molecule has 0 radical (unpaired) electrons. The molecular weight excluding hydrogens is 328 g/mol.